The Morgan fingerprint density at radius 1 is 1.42 bits per heavy atom. The lowest BCUT2D eigenvalue weighted by atomic mass is 10.0. The first-order valence-corrected chi connectivity index (χ1v) is 4.66. The Bertz CT molecular complexity index is 261. The lowest BCUT2D eigenvalue weighted by molar-refractivity contribution is 0.647. The van der Waals surface area contributed by atoms with Gasteiger partial charge in [0, 0.05) is 6.04 Å². The van der Waals surface area contributed by atoms with E-state index < -0.39 is 0 Å². The molecule has 0 spiro atoms. The average molecular weight is 161 g/mol. The van der Waals surface area contributed by atoms with Crippen LogP contribution in [0.3, 0.4) is 0 Å². The van der Waals surface area contributed by atoms with E-state index >= 15 is 0 Å². The van der Waals surface area contributed by atoms with Gasteiger partial charge < -0.3 is 5.32 Å². The SMILES string of the molecule is Cc1cccc([C@@H]2CCCN2)c1. The Morgan fingerprint density at radius 2 is 2.33 bits per heavy atom. The molecule has 1 heteroatoms. The predicted octanol–water partition coefficient (Wildman–Crippen LogP) is 2.42. The average Bonchev–Trinajstić information content (AvgIpc) is 2.56. The van der Waals surface area contributed by atoms with Crippen molar-refractivity contribution in [2.45, 2.75) is 25.8 Å². The summed E-state index contributed by atoms with van der Waals surface area (Å²) < 4.78 is 0. The summed E-state index contributed by atoms with van der Waals surface area (Å²) in [6, 6.07) is 9.41. The molecule has 1 aliphatic heterocycles. The molecule has 1 fully saturated rings. The van der Waals surface area contributed by atoms with Crippen LogP contribution in [0.2, 0.25) is 0 Å². The highest BCUT2D eigenvalue weighted by molar-refractivity contribution is 5.25. The normalized spacial score (nSPS) is 22.9. The third kappa shape index (κ3) is 1.51. The van der Waals surface area contributed by atoms with Crippen LogP contribution in [0.25, 0.3) is 0 Å². The first-order chi connectivity index (χ1) is 5.86. The molecule has 0 unspecified atom stereocenters. The molecule has 1 nitrogen and oxygen atoms in total. The summed E-state index contributed by atoms with van der Waals surface area (Å²) >= 11 is 0. The molecule has 0 radical (unpaired) electrons. The van der Waals surface area contributed by atoms with E-state index in [0.29, 0.717) is 6.04 Å². The fraction of sp³-hybridized carbons (Fsp3) is 0.455. The molecular formula is C11H15N. The van der Waals surface area contributed by atoms with Crippen molar-refractivity contribution < 1.29 is 0 Å². The quantitative estimate of drug-likeness (QED) is 0.667. The fourth-order valence-corrected chi connectivity index (χ4v) is 1.86. The smallest absolute Gasteiger partial charge is 0.0320 e. The van der Waals surface area contributed by atoms with Gasteiger partial charge in [-0.2, -0.15) is 0 Å². The highest BCUT2D eigenvalue weighted by atomic mass is 14.9. The van der Waals surface area contributed by atoms with Crippen LogP contribution >= 0.6 is 0 Å². The van der Waals surface area contributed by atoms with E-state index in [0.717, 1.165) is 0 Å². The molecule has 1 aromatic carbocycles. The van der Waals surface area contributed by atoms with Crippen molar-refractivity contribution in [3.05, 3.63) is 35.4 Å². The van der Waals surface area contributed by atoms with Crippen molar-refractivity contribution in [2.75, 3.05) is 6.54 Å². The van der Waals surface area contributed by atoms with Crippen LogP contribution < -0.4 is 5.32 Å². The van der Waals surface area contributed by atoms with Gasteiger partial charge in [-0.1, -0.05) is 29.8 Å². The first kappa shape index (κ1) is 7.81. The van der Waals surface area contributed by atoms with Crippen LogP contribution in [0, 0.1) is 6.92 Å². The molecule has 1 atom stereocenters. The maximum absolute atomic E-state index is 3.50. The number of benzene rings is 1. The van der Waals surface area contributed by atoms with Gasteiger partial charge in [0.15, 0.2) is 0 Å². The van der Waals surface area contributed by atoms with Gasteiger partial charge in [0.1, 0.15) is 0 Å². The second kappa shape index (κ2) is 3.28. The molecule has 12 heavy (non-hydrogen) atoms. The summed E-state index contributed by atoms with van der Waals surface area (Å²) in [4.78, 5) is 0. The molecule has 2 rings (SSSR count). The Kier molecular flexibility index (Phi) is 2.13. The Balaban J connectivity index is 2.21. The number of hydrogen-bond acceptors (Lipinski definition) is 1. The molecule has 0 aliphatic carbocycles. The van der Waals surface area contributed by atoms with Crippen molar-refractivity contribution in [3.8, 4) is 0 Å². The summed E-state index contributed by atoms with van der Waals surface area (Å²) in [5.41, 5.74) is 2.81. The van der Waals surface area contributed by atoms with E-state index in [9.17, 15) is 0 Å². The maximum atomic E-state index is 3.50. The Morgan fingerprint density at radius 3 is 3.00 bits per heavy atom. The minimum absolute atomic E-state index is 0.616. The third-order valence-electron chi connectivity index (χ3n) is 2.50. The maximum Gasteiger partial charge on any atom is 0.0320 e. The molecule has 0 aromatic heterocycles. The molecule has 64 valence electrons. The summed E-state index contributed by atoms with van der Waals surface area (Å²) in [6.07, 6.45) is 2.61. The van der Waals surface area contributed by atoms with Crippen molar-refractivity contribution in [3.63, 3.8) is 0 Å². The number of aryl methyl sites for hydroxylation is 1. The van der Waals surface area contributed by atoms with Crippen LogP contribution in [-0.2, 0) is 0 Å². The highest BCUT2D eigenvalue weighted by Gasteiger charge is 2.15. The van der Waals surface area contributed by atoms with Crippen LogP contribution in [-0.4, -0.2) is 6.54 Å². The second-order valence-corrected chi connectivity index (χ2v) is 3.56. The molecule has 1 heterocycles. The lowest BCUT2D eigenvalue weighted by Crippen LogP contribution is -2.12. The van der Waals surface area contributed by atoms with Gasteiger partial charge in [-0.15, -0.1) is 0 Å². The summed E-state index contributed by atoms with van der Waals surface area (Å²) in [5, 5.41) is 3.50. The van der Waals surface area contributed by atoms with Gasteiger partial charge in [0.2, 0.25) is 0 Å². The minimum Gasteiger partial charge on any atom is -0.310 e. The van der Waals surface area contributed by atoms with E-state index in [-0.39, 0.29) is 0 Å². The fourth-order valence-electron chi connectivity index (χ4n) is 1.86. The van der Waals surface area contributed by atoms with Gasteiger partial charge in [0.25, 0.3) is 0 Å². The largest absolute Gasteiger partial charge is 0.310 e. The van der Waals surface area contributed by atoms with Crippen LogP contribution in [0.1, 0.15) is 30.0 Å². The standard InChI is InChI=1S/C11H15N/c1-9-4-2-5-10(8-9)11-6-3-7-12-11/h2,4-5,8,11-12H,3,6-7H2,1H3/t11-/m0/s1. The molecule has 0 bridgehead atoms. The van der Waals surface area contributed by atoms with E-state index in [2.05, 4.69) is 36.5 Å². The minimum atomic E-state index is 0.616. The summed E-state index contributed by atoms with van der Waals surface area (Å²) in [5.74, 6) is 0. The van der Waals surface area contributed by atoms with Crippen LogP contribution in [0.15, 0.2) is 24.3 Å². The van der Waals surface area contributed by atoms with Gasteiger partial charge in [0.05, 0.1) is 0 Å². The van der Waals surface area contributed by atoms with E-state index in [1.54, 1.807) is 0 Å². The predicted molar refractivity (Wildman–Crippen MR) is 51.2 cm³/mol. The molecule has 0 amide bonds. The van der Waals surface area contributed by atoms with Gasteiger partial charge in [-0.3, -0.25) is 0 Å². The van der Waals surface area contributed by atoms with Gasteiger partial charge in [-0.05, 0) is 31.9 Å². The Hall–Kier alpha value is -0.820. The molecule has 0 saturated carbocycles. The molecule has 1 aromatic rings. The van der Waals surface area contributed by atoms with Crippen molar-refractivity contribution in [1.29, 1.82) is 0 Å². The van der Waals surface area contributed by atoms with Crippen molar-refractivity contribution in [1.82, 2.24) is 5.32 Å². The topological polar surface area (TPSA) is 12.0 Å². The van der Waals surface area contributed by atoms with E-state index in [1.165, 1.54) is 30.5 Å². The lowest BCUT2D eigenvalue weighted by Gasteiger charge is -2.10. The zero-order chi connectivity index (χ0) is 8.39. The van der Waals surface area contributed by atoms with Crippen LogP contribution in [0.4, 0.5) is 0 Å². The zero-order valence-corrected chi connectivity index (χ0v) is 7.51. The Labute approximate surface area is 73.8 Å². The monoisotopic (exact) mass is 161 g/mol. The molecule has 1 saturated heterocycles. The van der Waals surface area contributed by atoms with Gasteiger partial charge in [-0.25, -0.2) is 0 Å². The highest BCUT2D eigenvalue weighted by Crippen LogP contribution is 2.23. The first-order valence-electron chi connectivity index (χ1n) is 4.66. The zero-order valence-electron chi connectivity index (χ0n) is 7.51. The number of rotatable bonds is 1. The van der Waals surface area contributed by atoms with E-state index in [1.807, 2.05) is 0 Å². The van der Waals surface area contributed by atoms with Gasteiger partial charge >= 0.3 is 0 Å². The number of hydrogen-bond donors (Lipinski definition) is 1. The molecule has 1 aliphatic rings. The van der Waals surface area contributed by atoms with Crippen LogP contribution in [0.5, 0.6) is 0 Å². The van der Waals surface area contributed by atoms with Crippen molar-refractivity contribution >= 4 is 0 Å². The van der Waals surface area contributed by atoms with E-state index in [4.69, 9.17) is 0 Å². The third-order valence-corrected chi connectivity index (χ3v) is 2.50. The second-order valence-electron chi connectivity index (χ2n) is 3.56. The number of nitrogens with one attached hydrogen (secondary N) is 1. The molecule has 1 N–H and O–H groups in total. The molecular weight excluding hydrogens is 146 g/mol. The summed E-state index contributed by atoms with van der Waals surface area (Å²) in [7, 11) is 0. The summed E-state index contributed by atoms with van der Waals surface area (Å²) in [6.45, 7) is 3.33. The van der Waals surface area contributed by atoms with Crippen molar-refractivity contribution in [2.24, 2.45) is 0 Å².